The van der Waals surface area contributed by atoms with Gasteiger partial charge in [0.25, 0.3) is 0 Å². The van der Waals surface area contributed by atoms with Crippen LogP contribution in [-0.4, -0.2) is 56.8 Å². The fraction of sp³-hybridized carbons (Fsp3) is 0.400. The number of carbonyl (C=O) groups excluding carboxylic acids is 1. The number of fused-ring (bicyclic) bond motifs is 2. The molecular formula is C25H30N4O3. The van der Waals surface area contributed by atoms with Crippen LogP contribution < -0.4 is 20.3 Å². The van der Waals surface area contributed by atoms with E-state index in [1.165, 1.54) is 11.3 Å². The van der Waals surface area contributed by atoms with Crippen molar-refractivity contribution in [3.63, 3.8) is 0 Å². The van der Waals surface area contributed by atoms with Gasteiger partial charge in [0, 0.05) is 50.2 Å². The second kappa shape index (κ2) is 9.12. The van der Waals surface area contributed by atoms with E-state index in [0.29, 0.717) is 6.54 Å². The van der Waals surface area contributed by atoms with Crippen LogP contribution in [0.4, 0.5) is 16.2 Å². The zero-order valence-corrected chi connectivity index (χ0v) is 18.3. The molecule has 0 unspecified atom stereocenters. The molecule has 7 heteroatoms. The Hall–Kier alpha value is -3.19. The van der Waals surface area contributed by atoms with Crippen molar-refractivity contribution in [3.05, 3.63) is 54.3 Å². The molecule has 0 saturated carbocycles. The van der Waals surface area contributed by atoms with Crippen LogP contribution in [0, 0.1) is 0 Å². The maximum atomic E-state index is 12.1. The molecule has 32 heavy (non-hydrogen) atoms. The number of para-hydroxylation sites is 1. The standard InChI is InChI=1S/C25H30N4O3/c26-25(30)29(22-18-32-24-6-2-1-5-21(22)24)11-4-3-10-27-12-14-28(15-13-27)20-7-8-23-19(17-20)9-16-31-23/h1-2,5-8,17-18H,3-4,9-16H2,(H2,26,30). The van der Waals surface area contributed by atoms with Crippen molar-refractivity contribution in [2.75, 3.05) is 55.7 Å². The molecule has 168 valence electrons. The number of furan rings is 1. The van der Waals surface area contributed by atoms with Crippen molar-refractivity contribution < 1.29 is 13.9 Å². The summed E-state index contributed by atoms with van der Waals surface area (Å²) in [6.07, 6.45) is 4.56. The number of amides is 2. The van der Waals surface area contributed by atoms with Crippen LogP contribution in [0.15, 0.2) is 53.1 Å². The van der Waals surface area contributed by atoms with Gasteiger partial charge in [-0.1, -0.05) is 12.1 Å². The Kier molecular flexibility index (Phi) is 5.90. The number of carbonyl (C=O) groups is 1. The summed E-state index contributed by atoms with van der Waals surface area (Å²) < 4.78 is 11.2. The van der Waals surface area contributed by atoms with Gasteiger partial charge in [-0.05, 0) is 55.3 Å². The molecule has 2 aliphatic rings. The number of ether oxygens (including phenoxy) is 1. The zero-order valence-electron chi connectivity index (χ0n) is 18.3. The van der Waals surface area contributed by atoms with E-state index < -0.39 is 6.03 Å². The highest BCUT2D eigenvalue weighted by atomic mass is 16.5. The van der Waals surface area contributed by atoms with Crippen molar-refractivity contribution in [2.24, 2.45) is 5.73 Å². The SMILES string of the molecule is NC(=O)N(CCCCN1CCN(c2ccc3c(c2)CCO3)CC1)c1coc2ccccc12. The Balaban J connectivity index is 1.09. The molecule has 2 aliphatic heterocycles. The van der Waals surface area contributed by atoms with Gasteiger partial charge < -0.3 is 19.8 Å². The lowest BCUT2D eigenvalue weighted by atomic mass is 10.1. The summed E-state index contributed by atoms with van der Waals surface area (Å²) in [5.41, 5.74) is 9.82. The molecule has 0 aliphatic carbocycles. The Labute approximate surface area is 188 Å². The molecule has 3 aromatic rings. The Morgan fingerprint density at radius 1 is 1.06 bits per heavy atom. The maximum Gasteiger partial charge on any atom is 0.319 e. The van der Waals surface area contributed by atoms with Gasteiger partial charge in [0.2, 0.25) is 0 Å². The number of nitrogens with two attached hydrogens (primary N) is 1. The molecule has 5 rings (SSSR count). The third-order valence-electron chi connectivity index (χ3n) is 6.53. The van der Waals surface area contributed by atoms with Gasteiger partial charge in [0.15, 0.2) is 0 Å². The molecule has 0 atom stereocenters. The van der Waals surface area contributed by atoms with Crippen LogP contribution >= 0.6 is 0 Å². The smallest absolute Gasteiger partial charge is 0.319 e. The largest absolute Gasteiger partial charge is 0.493 e. The van der Waals surface area contributed by atoms with Crippen molar-refractivity contribution in [1.82, 2.24) is 4.90 Å². The third-order valence-corrected chi connectivity index (χ3v) is 6.53. The summed E-state index contributed by atoms with van der Waals surface area (Å²) in [6, 6.07) is 13.8. The lowest BCUT2D eigenvalue weighted by molar-refractivity contribution is 0.249. The highest BCUT2D eigenvalue weighted by Gasteiger charge is 2.21. The highest BCUT2D eigenvalue weighted by molar-refractivity contribution is 6.01. The maximum absolute atomic E-state index is 12.1. The first-order valence-electron chi connectivity index (χ1n) is 11.5. The van der Waals surface area contributed by atoms with Gasteiger partial charge in [-0.3, -0.25) is 9.80 Å². The van der Waals surface area contributed by atoms with E-state index in [2.05, 4.69) is 28.0 Å². The molecule has 2 aromatic carbocycles. The Morgan fingerprint density at radius 3 is 2.75 bits per heavy atom. The molecule has 7 nitrogen and oxygen atoms in total. The summed E-state index contributed by atoms with van der Waals surface area (Å²) in [5, 5.41) is 0.917. The average molecular weight is 435 g/mol. The quantitative estimate of drug-likeness (QED) is 0.572. The van der Waals surface area contributed by atoms with E-state index in [0.717, 1.165) is 81.0 Å². The van der Waals surface area contributed by atoms with Crippen molar-refractivity contribution in [3.8, 4) is 5.75 Å². The summed E-state index contributed by atoms with van der Waals surface area (Å²) in [7, 11) is 0. The van der Waals surface area contributed by atoms with E-state index in [1.807, 2.05) is 24.3 Å². The molecule has 1 aromatic heterocycles. The van der Waals surface area contributed by atoms with E-state index in [9.17, 15) is 4.79 Å². The Bertz CT molecular complexity index is 1090. The minimum absolute atomic E-state index is 0.440. The fourth-order valence-corrected chi connectivity index (χ4v) is 4.73. The predicted octanol–water partition coefficient (Wildman–Crippen LogP) is 3.86. The molecule has 0 spiro atoms. The number of urea groups is 1. The topological polar surface area (TPSA) is 75.2 Å². The minimum atomic E-state index is -0.440. The molecular weight excluding hydrogens is 404 g/mol. The van der Waals surface area contributed by atoms with Crippen LogP contribution in [-0.2, 0) is 6.42 Å². The van der Waals surface area contributed by atoms with Crippen LogP contribution in [0.2, 0.25) is 0 Å². The Morgan fingerprint density at radius 2 is 1.91 bits per heavy atom. The first kappa shape index (κ1) is 20.7. The van der Waals surface area contributed by atoms with E-state index in [1.54, 1.807) is 11.2 Å². The molecule has 1 fully saturated rings. The molecule has 2 N–H and O–H groups in total. The number of unbranched alkanes of at least 4 members (excludes halogenated alkanes) is 1. The van der Waals surface area contributed by atoms with Gasteiger partial charge in [0.05, 0.1) is 12.3 Å². The number of piperazine rings is 1. The summed E-state index contributed by atoms with van der Waals surface area (Å²) in [6.45, 7) is 6.61. The molecule has 0 bridgehead atoms. The fourth-order valence-electron chi connectivity index (χ4n) is 4.73. The number of rotatable bonds is 7. The molecule has 1 saturated heterocycles. The summed E-state index contributed by atoms with van der Waals surface area (Å²) in [5.74, 6) is 1.04. The zero-order chi connectivity index (χ0) is 21.9. The van der Waals surface area contributed by atoms with Crippen molar-refractivity contribution in [1.29, 1.82) is 0 Å². The predicted molar refractivity (Wildman–Crippen MR) is 127 cm³/mol. The second-order valence-electron chi connectivity index (χ2n) is 8.53. The molecule has 2 amide bonds. The summed E-state index contributed by atoms with van der Waals surface area (Å²) in [4.78, 5) is 18.7. The van der Waals surface area contributed by atoms with Crippen LogP contribution in [0.25, 0.3) is 11.0 Å². The molecule has 3 heterocycles. The lowest BCUT2D eigenvalue weighted by Gasteiger charge is -2.36. The van der Waals surface area contributed by atoms with Gasteiger partial charge in [-0.25, -0.2) is 4.79 Å². The summed E-state index contributed by atoms with van der Waals surface area (Å²) >= 11 is 0. The lowest BCUT2D eigenvalue weighted by Crippen LogP contribution is -2.46. The highest BCUT2D eigenvalue weighted by Crippen LogP contribution is 2.30. The van der Waals surface area contributed by atoms with Crippen LogP contribution in [0.3, 0.4) is 0 Å². The minimum Gasteiger partial charge on any atom is -0.493 e. The number of primary amides is 1. The van der Waals surface area contributed by atoms with Crippen LogP contribution in [0.5, 0.6) is 5.75 Å². The number of anilines is 2. The van der Waals surface area contributed by atoms with E-state index in [-0.39, 0.29) is 0 Å². The van der Waals surface area contributed by atoms with Crippen molar-refractivity contribution >= 4 is 28.4 Å². The van der Waals surface area contributed by atoms with Gasteiger partial charge in [-0.15, -0.1) is 0 Å². The number of nitrogens with zero attached hydrogens (tertiary/aromatic N) is 3. The average Bonchev–Trinajstić information content (AvgIpc) is 3.46. The first-order chi connectivity index (χ1) is 15.7. The van der Waals surface area contributed by atoms with E-state index >= 15 is 0 Å². The van der Waals surface area contributed by atoms with Gasteiger partial charge in [0.1, 0.15) is 17.6 Å². The number of hydrogen-bond acceptors (Lipinski definition) is 5. The first-order valence-corrected chi connectivity index (χ1v) is 11.5. The van der Waals surface area contributed by atoms with Crippen molar-refractivity contribution in [2.45, 2.75) is 19.3 Å². The van der Waals surface area contributed by atoms with Crippen LogP contribution in [0.1, 0.15) is 18.4 Å². The van der Waals surface area contributed by atoms with Gasteiger partial charge in [-0.2, -0.15) is 0 Å². The van der Waals surface area contributed by atoms with E-state index in [4.69, 9.17) is 14.9 Å². The monoisotopic (exact) mass is 434 g/mol. The normalized spacial score (nSPS) is 16.2. The van der Waals surface area contributed by atoms with Gasteiger partial charge >= 0.3 is 6.03 Å². The number of hydrogen-bond donors (Lipinski definition) is 1. The molecule has 0 radical (unpaired) electrons. The number of benzene rings is 2. The third kappa shape index (κ3) is 4.25. The second-order valence-corrected chi connectivity index (χ2v) is 8.53.